The molecule has 0 aromatic heterocycles. The van der Waals surface area contributed by atoms with Crippen molar-refractivity contribution in [3.05, 3.63) is 0 Å². The van der Waals surface area contributed by atoms with Crippen LogP contribution in [-0.2, 0) is 0 Å². The van der Waals surface area contributed by atoms with Crippen molar-refractivity contribution in [2.24, 2.45) is 4.74 Å². The van der Waals surface area contributed by atoms with Crippen molar-refractivity contribution in [1.82, 2.24) is 15.0 Å². The summed E-state index contributed by atoms with van der Waals surface area (Å²) < 4.78 is 10.6. The van der Waals surface area contributed by atoms with E-state index in [9.17, 15) is 0 Å². The van der Waals surface area contributed by atoms with Crippen molar-refractivity contribution in [2.75, 3.05) is 0 Å². The zero-order chi connectivity index (χ0) is 18.6. The standard InChI is InChI=1S/C16H37N5PSe/c1-13(2,3)17-21(23)19(15(7,8)9)22(18-14(4,5)6)20(21)16(10,11)12/h17H,1-12H3/q+1. The Morgan fingerprint density at radius 1 is 0.783 bits per heavy atom. The van der Waals surface area contributed by atoms with E-state index < -0.39 is 8.01 Å². The summed E-state index contributed by atoms with van der Waals surface area (Å²) >= 11 is 3.41. The van der Waals surface area contributed by atoms with Crippen molar-refractivity contribution in [1.29, 1.82) is 0 Å². The van der Waals surface area contributed by atoms with Crippen LogP contribution in [0.5, 0.6) is 0 Å². The molecule has 1 aliphatic rings. The molecule has 1 aliphatic heterocycles. The van der Waals surface area contributed by atoms with E-state index in [2.05, 4.69) is 114 Å². The minimum absolute atomic E-state index is 0.00823. The molecule has 0 unspecified atom stereocenters. The summed E-state index contributed by atoms with van der Waals surface area (Å²) in [5.41, 5.74) is 3.64. The summed E-state index contributed by atoms with van der Waals surface area (Å²) in [6, 6.07) is 0. The Labute approximate surface area is 153 Å². The van der Waals surface area contributed by atoms with Gasteiger partial charge in [-0.3, -0.25) is 0 Å². The molecule has 0 radical (unpaired) electrons. The molecule has 136 valence electrons. The summed E-state index contributed by atoms with van der Waals surface area (Å²) in [4.78, 5) is 0. The van der Waals surface area contributed by atoms with E-state index in [1.165, 1.54) is 0 Å². The van der Waals surface area contributed by atoms with Crippen LogP contribution in [0.4, 0.5) is 0 Å². The first-order chi connectivity index (χ1) is 9.79. The Morgan fingerprint density at radius 2 is 1.13 bits per heavy atom. The third-order valence-electron chi connectivity index (χ3n) is 2.92. The van der Waals surface area contributed by atoms with Crippen molar-refractivity contribution >= 4 is 24.2 Å². The Bertz CT molecular complexity index is 453. The summed E-state index contributed by atoms with van der Waals surface area (Å²) in [5.74, 6) is 0. The van der Waals surface area contributed by atoms with E-state index in [4.69, 9.17) is 4.74 Å². The predicted molar refractivity (Wildman–Crippen MR) is 101 cm³/mol. The van der Waals surface area contributed by atoms with Crippen molar-refractivity contribution in [3.8, 4) is 0 Å². The number of rotatable bonds is 1. The van der Waals surface area contributed by atoms with Gasteiger partial charge in [0.05, 0.1) is 0 Å². The molecule has 0 aromatic rings. The van der Waals surface area contributed by atoms with Gasteiger partial charge in [-0.2, -0.15) is 0 Å². The van der Waals surface area contributed by atoms with Gasteiger partial charge in [0.15, 0.2) is 0 Å². The molecule has 7 heteroatoms. The van der Waals surface area contributed by atoms with Gasteiger partial charge in [0, 0.05) is 0 Å². The van der Waals surface area contributed by atoms with E-state index >= 15 is 0 Å². The van der Waals surface area contributed by atoms with Crippen molar-refractivity contribution in [3.63, 3.8) is 0 Å². The second-order valence-corrected chi connectivity index (χ2v) is 12.9. The monoisotopic (exact) mass is 410 g/mol. The second-order valence-electron chi connectivity index (χ2n) is 10.4. The number of hydrogen-bond donors (Lipinski definition) is 1. The van der Waals surface area contributed by atoms with Crippen LogP contribution in [0.25, 0.3) is 0 Å². The molecule has 0 saturated carbocycles. The molecule has 5 nitrogen and oxygen atoms in total. The molecule has 1 rings (SSSR count). The SMILES string of the molecule is CC(C)(C)N=[P+]1N(C(C)(C)C)[N+]([Se-])(NC(C)(C)C)N1C(C)(C)C. The molecule has 1 saturated heterocycles. The van der Waals surface area contributed by atoms with E-state index in [1.807, 2.05) is 0 Å². The van der Waals surface area contributed by atoms with E-state index in [0.717, 1.165) is 0 Å². The van der Waals surface area contributed by atoms with E-state index in [0.29, 0.717) is 3.83 Å². The molecule has 0 aromatic carbocycles. The molecule has 1 N–H and O–H groups in total. The van der Waals surface area contributed by atoms with Gasteiger partial charge in [-0.05, 0) is 0 Å². The van der Waals surface area contributed by atoms with Crippen LogP contribution in [-0.4, -0.2) is 51.8 Å². The maximum absolute atomic E-state index is 5.18. The van der Waals surface area contributed by atoms with Crippen LogP contribution in [0.1, 0.15) is 83.1 Å². The summed E-state index contributed by atoms with van der Waals surface area (Å²) in [6.45, 7) is 26.7. The number of hydrogen-bond acceptors (Lipinski definition) is 2. The second kappa shape index (κ2) is 6.02. The number of nitrogens with one attached hydrogen (secondary N) is 1. The number of quaternary nitrogens is 1. The fourth-order valence-electron chi connectivity index (χ4n) is 2.58. The Kier molecular flexibility index (Phi) is 5.63. The van der Waals surface area contributed by atoms with Crippen LogP contribution in [0, 0.1) is 0 Å². The first kappa shape index (κ1) is 21.5. The maximum atomic E-state index is 5.18. The summed E-state index contributed by atoms with van der Waals surface area (Å²) in [7, 11) is -0.760. The average molecular weight is 409 g/mol. The van der Waals surface area contributed by atoms with Gasteiger partial charge in [0.2, 0.25) is 0 Å². The van der Waals surface area contributed by atoms with Gasteiger partial charge in [0.1, 0.15) is 0 Å². The fourth-order valence-corrected chi connectivity index (χ4v) is 7.52. The minimum atomic E-state index is -0.760. The zero-order valence-corrected chi connectivity index (χ0v) is 19.8. The molecule has 0 bridgehead atoms. The van der Waals surface area contributed by atoms with E-state index in [1.54, 1.807) is 0 Å². The molecule has 0 aliphatic carbocycles. The molecule has 23 heavy (non-hydrogen) atoms. The normalized spacial score (nSPS) is 27.1. The number of nitrogens with zero attached hydrogens (tertiary/aromatic N) is 4. The van der Waals surface area contributed by atoms with Crippen LogP contribution < -0.4 is 5.43 Å². The Morgan fingerprint density at radius 3 is 1.35 bits per heavy atom. The zero-order valence-electron chi connectivity index (χ0n) is 17.1. The molecular weight excluding hydrogens is 372 g/mol. The molecule has 0 amide bonds. The van der Waals surface area contributed by atoms with Crippen LogP contribution >= 0.6 is 8.01 Å². The van der Waals surface area contributed by atoms with Crippen molar-refractivity contribution in [2.45, 2.75) is 105 Å². The molecule has 0 atom stereocenters. The fraction of sp³-hybridized carbons (Fsp3) is 1.00. The average Bonchev–Trinajstić information content (AvgIpc) is 2.03. The third kappa shape index (κ3) is 4.98. The van der Waals surface area contributed by atoms with Gasteiger partial charge < -0.3 is 0 Å². The van der Waals surface area contributed by atoms with Crippen molar-refractivity contribution < 1.29 is 3.83 Å². The Balaban J connectivity index is 3.50. The van der Waals surface area contributed by atoms with Gasteiger partial charge in [-0.25, -0.2) is 0 Å². The molecule has 1 heterocycles. The predicted octanol–water partition coefficient (Wildman–Crippen LogP) is 4.53. The van der Waals surface area contributed by atoms with Crippen LogP contribution in [0.15, 0.2) is 4.74 Å². The van der Waals surface area contributed by atoms with Gasteiger partial charge in [-0.15, -0.1) is 0 Å². The van der Waals surface area contributed by atoms with Gasteiger partial charge >= 0.3 is 153 Å². The summed E-state index contributed by atoms with van der Waals surface area (Å²) in [5, 5.41) is 0. The topological polar surface area (TPSA) is 30.9 Å². The first-order valence-electron chi connectivity index (χ1n) is 8.33. The molecular formula is C16H37N5PSe+. The van der Waals surface area contributed by atoms with Crippen LogP contribution in [0.2, 0.25) is 0 Å². The van der Waals surface area contributed by atoms with Gasteiger partial charge in [0.25, 0.3) is 0 Å². The molecule has 0 spiro atoms. The molecule has 1 fully saturated rings. The van der Waals surface area contributed by atoms with Gasteiger partial charge in [-0.1, -0.05) is 0 Å². The quantitative estimate of drug-likeness (QED) is 0.510. The summed E-state index contributed by atoms with van der Waals surface area (Å²) in [6.07, 6.45) is 0. The van der Waals surface area contributed by atoms with Crippen LogP contribution in [0.3, 0.4) is 0 Å². The van der Waals surface area contributed by atoms with E-state index in [-0.39, 0.29) is 22.2 Å². The Hall–Kier alpha value is 0.459. The first-order valence-corrected chi connectivity index (χ1v) is 10.3. The third-order valence-corrected chi connectivity index (χ3v) is 7.52.